The summed E-state index contributed by atoms with van der Waals surface area (Å²) in [7, 11) is 1.61. The molecule has 6 heteroatoms. The average Bonchev–Trinajstić information content (AvgIpc) is 3.12. The lowest BCUT2D eigenvalue weighted by molar-refractivity contribution is -0.146. The summed E-state index contributed by atoms with van der Waals surface area (Å²) in [6.45, 7) is 6.77. The Morgan fingerprint density at radius 2 is 2.12 bits per heavy atom. The van der Waals surface area contributed by atoms with Gasteiger partial charge in [-0.25, -0.2) is 0 Å². The molecule has 2 heterocycles. The zero-order valence-electron chi connectivity index (χ0n) is 15.8. The summed E-state index contributed by atoms with van der Waals surface area (Å²) in [5, 5.41) is 0.873. The number of benzene rings is 1. The number of rotatable bonds is 4. The van der Waals surface area contributed by atoms with E-state index in [2.05, 4.69) is 4.98 Å². The molecule has 2 aromatic rings. The maximum absolute atomic E-state index is 12.9. The van der Waals surface area contributed by atoms with E-state index in [4.69, 9.17) is 9.47 Å². The molecule has 1 saturated heterocycles. The highest BCUT2D eigenvalue weighted by Crippen LogP contribution is 2.24. The summed E-state index contributed by atoms with van der Waals surface area (Å²) in [6, 6.07) is 7.33. The van der Waals surface area contributed by atoms with Crippen molar-refractivity contribution in [2.75, 3.05) is 13.7 Å². The van der Waals surface area contributed by atoms with E-state index in [1.165, 1.54) is 0 Å². The Hall–Kier alpha value is -2.34. The lowest BCUT2D eigenvalue weighted by Crippen LogP contribution is -2.49. The minimum Gasteiger partial charge on any atom is -0.497 e. The van der Waals surface area contributed by atoms with Crippen LogP contribution in [0.2, 0.25) is 0 Å². The van der Waals surface area contributed by atoms with E-state index in [0.717, 1.165) is 29.5 Å². The SMILES string of the molecule is COc1ccc2[nH]c(=O)c(CN(C(=O)[C@H]3CCCO3)C(C)(C)C)cc2c1. The first-order valence-electron chi connectivity index (χ1n) is 8.92. The molecule has 0 aliphatic carbocycles. The number of nitrogens with zero attached hydrogens (tertiary/aromatic N) is 1. The second-order valence-corrected chi connectivity index (χ2v) is 7.67. The number of carbonyl (C=O) groups excluding carboxylic acids is 1. The van der Waals surface area contributed by atoms with Gasteiger partial charge in [0.25, 0.3) is 11.5 Å². The topological polar surface area (TPSA) is 71.6 Å². The molecule has 3 rings (SSSR count). The predicted octanol–water partition coefficient (Wildman–Crippen LogP) is 2.84. The summed E-state index contributed by atoms with van der Waals surface area (Å²) in [5.41, 5.74) is 0.690. The highest BCUT2D eigenvalue weighted by molar-refractivity contribution is 5.83. The number of nitrogens with one attached hydrogen (secondary N) is 1. The monoisotopic (exact) mass is 358 g/mol. The van der Waals surface area contributed by atoms with Gasteiger partial charge in [0, 0.05) is 28.6 Å². The molecule has 0 radical (unpaired) electrons. The smallest absolute Gasteiger partial charge is 0.253 e. The lowest BCUT2D eigenvalue weighted by atomic mass is 10.0. The standard InChI is InChI=1S/C20H26N2O4/c1-20(2,3)22(19(24)17-6-5-9-26-17)12-14-10-13-11-15(25-4)7-8-16(13)21-18(14)23/h7-8,10-11,17H,5-6,9,12H2,1-4H3,(H,21,23)/t17-/m1/s1. The van der Waals surface area contributed by atoms with E-state index in [-0.39, 0.29) is 18.0 Å². The van der Waals surface area contributed by atoms with Crippen LogP contribution in [-0.4, -0.2) is 41.2 Å². The molecule has 1 aromatic carbocycles. The number of carbonyl (C=O) groups is 1. The van der Waals surface area contributed by atoms with Crippen LogP contribution in [0, 0.1) is 0 Å². The molecular formula is C20H26N2O4. The van der Waals surface area contributed by atoms with Crippen molar-refractivity contribution in [3.63, 3.8) is 0 Å². The van der Waals surface area contributed by atoms with E-state index in [0.29, 0.717) is 12.2 Å². The van der Waals surface area contributed by atoms with Crippen molar-refractivity contribution < 1.29 is 14.3 Å². The van der Waals surface area contributed by atoms with E-state index in [1.807, 2.05) is 39.0 Å². The van der Waals surface area contributed by atoms with Crippen molar-refractivity contribution in [1.82, 2.24) is 9.88 Å². The van der Waals surface area contributed by atoms with Crippen LogP contribution in [-0.2, 0) is 16.1 Å². The van der Waals surface area contributed by atoms with Crippen molar-refractivity contribution in [3.8, 4) is 5.75 Å². The molecule has 1 atom stereocenters. The Labute approximate surface area is 153 Å². The van der Waals surface area contributed by atoms with Crippen LogP contribution < -0.4 is 10.3 Å². The van der Waals surface area contributed by atoms with Crippen LogP contribution in [0.3, 0.4) is 0 Å². The molecule has 1 aliphatic rings. The van der Waals surface area contributed by atoms with Crippen LogP contribution in [0.4, 0.5) is 0 Å². The van der Waals surface area contributed by atoms with Gasteiger partial charge in [-0.15, -0.1) is 0 Å². The molecule has 140 valence electrons. The molecule has 1 fully saturated rings. The van der Waals surface area contributed by atoms with E-state index in [9.17, 15) is 9.59 Å². The van der Waals surface area contributed by atoms with Crippen LogP contribution in [0.5, 0.6) is 5.75 Å². The average molecular weight is 358 g/mol. The molecule has 0 saturated carbocycles. The zero-order valence-corrected chi connectivity index (χ0v) is 15.8. The number of H-pyrrole nitrogens is 1. The fourth-order valence-corrected chi connectivity index (χ4v) is 3.24. The molecule has 26 heavy (non-hydrogen) atoms. The van der Waals surface area contributed by atoms with Crippen molar-refractivity contribution in [3.05, 3.63) is 40.2 Å². The van der Waals surface area contributed by atoms with E-state index < -0.39 is 11.6 Å². The molecule has 1 aliphatic heterocycles. The van der Waals surface area contributed by atoms with Gasteiger partial charge in [0.05, 0.1) is 13.7 Å². The van der Waals surface area contributed by atoms with Gasteiger partial charge < -0.3 is 19.4 Å². The number of hydrogen-bond acceptors (Lipinski definition) is 4. The number of aromatic amines is 1. The number of amides is 1. The van der Waals surface area contributed by atoms with Gasteiger partial charge in [-0.3, -0.25) is 9.59 Å². The minimum atomic E-state index is -0.418. The molecule has 0 spiro atoms. The van der Waals surface area contributed by atoms with Crippen LogP contribution >= 0.6 is 0 Å². The fraction of sp³-hybridized carbons (Fsp3) is 0.500. The second kappa shape index (κ2) is 7.11. The molecular weight excluding hydrogens is 332 g/mol. The maximum Gasteiger partial charge on any atom is 0.253 e. The number of methoxy groups -OCH3 is 1. The van der Waals surface area contributed by atoms with Crippen molar-refractivity contribution in [2.24, 2.45) is 0 Å². The third kappa shape index (κ3) is 3.75. The van der Waals surface area contributed by atoms with Gasteiger partial charge in [0.2, 0.25) is 0 Å². The summed E-state index contributed by atoms with van der Waals surface area (Å²) in [5.74, 6) is 0.666. The third-order valence-corrected chi connectivity index (χ3v) is 4.74. The number of pyridine rings is 1. The Morgan fingerprint density at radius 1 is 1.35 bits per heavy atom. The number of hydrogen-bond donors (Lipinski definition) is 1. The number of ether oxygens (including phenoxy) is 2. The van der Waals surface area contributed by atoms with E-state index in [1.54, 1.807) is 18.1 Å². The Kier molecular flexibility index (Phi) is 5.05. The summed E-state index contributed by atoms with van der Waals surface area (Å²) < 4.78 is 10.8. The van der Waals surface area contributed by atoms with Gasteiger partial charge in [0.15, 0.2) is 0 Å². The highest BCUT2D eigenvalue weighted by Gasteiger charge is 2.34. The third-order valence-electron chi connectivity index (χ3n) is 4.74. The van der Waals surface area contributed by atoms with Crippen molar-refractivity contribution in [1.29, 1.82) is 0 Å². The fourth-order valence-electron chi connectivity index (χ4n) is 3.24. The Morgan fingerprint density at radius 3 is 2.73 bits per heavy atom. The highest BCUT2D eigenvalue weighted by atomic mass is 16.5. The first-order valence-corrected chi connectivity index (χ1v) is 8.92. The quantitative estimate of drug-likeness (QED) is 0.912. The largest absolute Gasteiger partial charge is 0.497 e. The Balaban J connectivity index is 1.96. The molecule has 6 nitrogen and oxygen atoms in total. The first kappa shape index (κ1) is 18.5. The van der Waals surface area contributed by atoms with Crippen LogP contribution in [0.1, 0.15) is 39.2 Å². The summed E-state index contributed by atoms with van der Waals surface area (Å²) in [4.78, 5) is 30.1. The van der Waals surface area contributed by atoms with Crippen molar-refractivity contribution in [2.45, 2.75) is 51.8 Å². The predicted molar refractivity (Wildman–Crippen MR) is 100 cm³/mol. The summed E-state index contributed by atoms with van der Waals surface area (Å²) >= 11 is 0. The molecule has 0 unspecified atom stereocenters. The molecule has 1 N–H and O–H groups in total. The minimum absolute atomic E-state index is 0.0554. The van der Waals surface area contributed by atoms with Gasteiger partial charge >= 0.3 is 0 Å². The number of aromatic nitrogens is 1. The van der Waals surface area contributed by atoms with Crippen LogP contribution in [0.15, 0.2) is 29.1 Å². The van der Waals surface area contributed by atoms with E-state index >= 15 is 0 Å². The van der Waals surface area contributed by atoms with Crippen molar-refractivity contribution >= 4 is 16.8 Å². The Bertz CT molecular complexity index is 860. The van der Waals surface area contributed by atoms with Gasteiger partial charge in [-0.05, 0) is 57.9 Å². The van der Waals surface area contributed by atoms with Gasteiger partial charge in [0.1, 0.15) is 11.9 Å². The second-order valence-electron chi connectivity index (χ2n) is 7.67. The molecule has 0 bridgehead atoms. The maximum atomic E-state index is 12.9. The van der Waals surface area contributed by atoms with Gasteiger partial charge in [-0.2, -0.15) is 0 Å². The summed E-state index contributed by atoms with van der Waals surface area (Å²) in [6.07, 6.45) is 1.22. The van der Waals surface area contributed by atoms with Gasteiger partial charge in [-0.1, -0.05) is 0 Å². The molecule has 1 aromatic heterocycles. The molecule has 1 amide bonds. The zero-order chi connectivity index (χ0) is 18.9. The normalized spacial score (nSPS) is 17.5. The first-order chi connectivity index (χ1) is 12.3. The number of fused-ring (bicyclic) bond motifs is 1. The van der Waals surface area contributed by atoms with Crippen LogP contribution in [0.25, 0.3) is 10.9 Å². The lowest BCUT2D eigenvalue weighted by Gasteiger charge is -2.37.